The topological polar surface area (TPSA) is 44.8 Å². The van der Waals surface area contributed by atoms with Gasteiger partial charge in [-0.15, -0.1) is 0 Å². The summed E-state index contributed by atoms with van der Waals surface area (Å²) in [4.78, 5) is 11.7. The fourth-order valence-electron chi connectivity index (χ4n) is 1.59. The molecule has 0 aliphatic carbocycles. The van der Waals surface area contributed by atoms with Crippen LogP contribution < -0.4 is 9.47 Å². The third-order valence-corrected chi connectivity index (χ3v) is 3.19. The maximum absolute atomic E-state index is 11.7. The molecule has 4 heteroatoms. The van der Waals surface area contributed by atoms with E-state index < -0.39 is 0 Å². The molecule has 1 heterocycles. The maximum atomic E-state index is 11.7. The molecule has 0 amide bonds. The van der Waals surface area contributed by atoms with E-state index in [9.17, 15) is 4.79 Å². The summed E-state index contributed by atoms with van der Waals surface area (Å²) in [6.07, 6.45) is 0. The van der Waals surface area contributed by atoms with Crippen LogP contribution in [0.4, 0.5) is 0 Å². The average Bonchev–Trinajstić information content (AvgIpc) is 2.82. The van der Waals surface area contributed by atoms with Gasteiger partial charge in [0, 0.05) is 0 Å². The van der Waals surface area contributed by atoms with E-state index in [0.717, 1.165) is 11.3 Å². The number of benzene rings is 1. The molecule has 18 heavy (non-hydrogen) atoms. The van der Waals surface area contributed by atoms with Gasteiger partial charge < -0.3 is 14.2 Å². The number of hydrogen-bond donors (Lipinski definition) is 0. The molecule has 1 aliphatic rings. The van der Waals surface area contributed by atoms with Crippen molar-refractivity contribution < 1.29 is 19.0 Å². The monoisotopic (exact) mass is 250 g/mol. The van der Waals surface area contributed by atoms with Crippen molar-refractivity contribution in [3.05, 3.63) is 23.8 Å². The standard InChI is InChI=1S/C14H18O4/c1-9(2)10(3)14(15)16-7-11-4-5-12-13(6-11)18-8-17-12/h4-6,9-10H,7-8H2,1-3H3. The molecule has 0 saturated heterocycles. The molecular formula is C14H18O4. The molecule has 1 aliphatic heterocycles. The van der Waals surface area contributed by atoms with Crippen LogP contribution in [0.2, 0.25) is 0 Å². The van der Waals surface area contributed by atoms with Gasteiger partial charge in [0.25, 0.3) is 0 Å². The maximum Gasteiger partial charge on any atom is 0.309 e. The number of esters is 1. The highest BCUT2D eigenvalue weighted by Crippen LogP contribution is 2.32. The number of ether oxygens (including phenoxy) is 3. The fraction of sp³-hybridized carbons (Fsp3) is 0.500. The van der Waals surface area contributed by atoms with Crippen molar-refractivity contribution in [3.63, 3.8) is 0 Å². The molecule has 0 bridgehead atoms. The Morgan fingerprint density at radius 1 is 1.28 bits per heavy atom. The summed E-state index contributed by atoms with van der Waals surface area (Å²) in [5.74, 6) is 1.48. The third kappa shape index (κ3) is 2.75. The molecule has 2 rings (SSSR count). The van der Waals surface area contributed by atoms with Gasteiger partial charge in [-0.1, -0.05) is 26.8 Å². The van der Waals surface area contributed by atoms with E-state index in [1.54, 1.807) is 0 Å². The van der Waals surface area contributed by atoms with Crippen LogP contribution in [0.1, 0.15) is 26.3 Å². The van der Waals surface area contributed by atoms with E-state index in [4.69, 9.17) is 14.2 Å². The highest BCUT2D eigenvalue weighted by Gasteiger charge is 2.19. The smallest absolute Gasteiger partial charge is 0.309 e. The van der Waals surface area contributed by atoms with Crippen LogP contribution in [0.25, 0.3) is 0 Å². The Kier molecular flexibility index (Phi) is 3.75. The molecule has 0 saturated carbocycles. The number of fused-ring (bicyclic) bond motifs is 1. The lowest BCUT2D eigenvalue weighted by Crippen LogP contribution is -2.19. The first-order valence-electron chi connectivity index (χ1n) is 6.13. The van der Waals surface area contributed by atoms with E-state index >= 15 is 0 Å². The van der Waals surface area contributed by atoms with Crippen LogP contribution in [-0.2, 0) is 16.1 Å². The van der Waals surface area contributed by atoms with Gasteiger partial charge in [-0.25, -0.2) is 0 Å². The molecule has 0 aromatic heterocycles. The summed E-state index contributed by atoms with van der Waals surface area (Å²) in [7, 11) is 0. The summed E-state index contributed by atoms with van der Waals surface area (Å²) in [5.41, 5.74) is 0.906. The Bertz CT molecular complexity index is 439. The minimum Gasteiger partial charge on any atom is -0.461 e. The second-order valence-corrected chi connectivity index (χ2v) is 4.83. The highest BCUT2D eigenvalue weighted by molar-refractivity contribution is 5.72. The van der Waals surface area contributed by atoms with Gasteiger partial charge in [-0.05, 0) is 23.6 Å². The molecule has 0 radical (unpaired) electrons. The van der Waals surface area contributed by atoms with Crippen LogP contribution in [0.15, 0.2) is 18.2 Å². The summed E-state index contributed by atoms with van der Waals surface area (Å²) >= 11 is 0. The van der Waals surface area contributed by atoms with Gasteiger partial charge in [-0.3, -0.25) is 4.79 Å². The normalized spacial score (nSPS) is 14.7. The quantitative estimate of drug-likeness (QED) is 0.771. The number of carbonyl (C=O) groups excluding carboxylic acids is 1. The molecule has 4 nitrogen and oxygen atoms in total. The minimum absolute atomic E-state index is 0.0842. The largest absolute Gasteiger partial charge is 0.461 e. The Labute approximate surface area is 107 Å². The SMILES string of the molecule is CC(C)C(C)C(=O)OCc1ccc2c(c1)OCO2. The van der Waals surface area contributed by atoms with Crippen molar-refractivity contribution >= 4 is 5.97 Å². The molecule has 0 N–H and O–H groups in total. The van der Waals surface area contributed by atoms with Gasteiger partial charge >= 0.3 is 5.97 Å². The molecule has 1 atom stereocenters. The van der Waals surface area contributed by atoms with Crippen LogP contribution in [-0.4, -0.2) is 12.8 Å². The van der Waals surface area contributed by atoms with Gasteiger partial charge in [0.15, 0.2) is 11.5 Å². The lowest BCUT2D eigenvalue weighted by molar-refractivity contribution is -0.150. The molecule has 0 spiro atoms. The first-order valence-corrected chi connectivity index (χ1v) is 6.13. The minimum atomic E-state index is -0.164. The summed E-state index contributed by atoms with van der Waals surface area (Å²) < 4.78 is 15.8. The number of rotatable bonds is 4. The van der Waals surface area contributed by atoms with Gasteiger partial charge in [0.2, 0.25) is 6.79 Å². The first kappa shape index (κ1) is 12.7. The molecular weight excluding hydrogens is 232 g/mol. The van der Waals surface area contributed by atoms with Crippen LogP contribution in [0.5, 0.6) is 11.5 Å². The zero-order chi connectivity index (χ0) is 13.1. The van der Waals surface area contributed by atoms with E-state index in [2.05, 4.69) is 0 Å². The number of carbonyl (C=O) groups is 1. The fourth-order valence-corrected chi connectivity index (χ4v) is 1.59. The van der Waals surface area contributed by atoms with Crippen LogP contribution >= 0.6 is 0 Å². The Balaban J connectivity index is 1.93. The summed E-state index contributed by atoms with van der Waals surface area (Å²) in [6, 6.07) is 5.55. The van der Waals surface area contributed by atoms with Crippen molar-refractivity contribution in [1.29, 1.82) is 0 Å². The van der Waals surface area contributed by atoms with E-state index in [0.29, 0.717) is 5.75 Å². The highest BCUT2D eigenvalue weighted by atomic mass is 16.7. The second-order valence-electron chi connectivity index (χ2n) is 4.83. The van der Waals surface area contributed by atoms with E-state index in [-0.39, 0.29) is 31.2 Å². The van der Waals surface area contributed by atoms with Crippen molar-refractivity contribution in [2.75, 3.05) is 6.79 Å². The second kappa shape index (κ2) is 5.29. The van der Waals surface area contributed by atoms with Crippen LogP contribution in [0, 0.1) is 11.8 Å². The predicted molar refractivity (Wildman–Crippen MR) is 66.4 cm³/mol. The molecule has 1 aromatic carbocycles. The Morgan fingerprint density at radius 3 is 2.72 bits per heavy atom. The van der Waals surface area contributed by atoms with Crippen molar-refractivity contribution in [2.24, 2.45) is 11.8 Å². The van der Waals surface area contributed by atoms with E-state index in [1.165, 1.54) is 0 Å². The van der Waals surface area contributed by atoms with Gasteiger partial charge in [0.1, 0.15) is 6.61 Å². The molecule has 98 valence electrons. The zero-order valence-corrected chi connectivity index (χ0v) is 10.9. The average molecular weight is 250 g/mol. The van der Waals surface area contributed by atoms with Gasteiger partial charge in [-0.2, -0.15) is 0 Å². The Morgan fingerprint density at radius 2 is 2.00 bits per heavy atom. The summed E-state index contributed by atoms with van der Waals surface area (Å²) in [6.45, 7) is 6.42. The molecule has 1 aromatic rings. The lowest BCUT2D eigenvalue weighted by atomic mass is 9.99. The van der Waals surface area contributed by atoms with E-state index in [1.807, 2.05) is 39.0 Å². The van der Waals surface area contributed by atoms with Gasteiger partial charge in [0.05, 0.1) is 5.92 Å². The molecule has 1 unspecified atom stereocenters. The number of hydrogen-bond acceptors (Lipinski definition) is 4. The van der Waals surface area contributed by atoms with Crippen LogP contribution in [0.3, 0.4) is 0 Å². The van der Waals surface area contributed by atoms with Crippen molar-refractivity contribution in [2.45, 2.75) is 27.4 Å². The zero-order valence-electron chi connectivity index (χ0n) is 10.9. The summed E-state index contributed by atoms with van der Waals surface area (Å²) in [5, 5.41) is 0. The first-order chi connectivity index (χ1) is 8.58. The Hall–Kier alpha value is -1.71. The van der Waals surface area contributed by atoms with Crippen molar-refractivity contribution in [1.82, 2.24) is 0 Å². The molecule has 0 fully saturated rings. The van der Waals surface area contributed by atoms with Crippen molar-refractivity contribution in [3.8, 4) is 11.5 Å². The third-order valence-electron chi connectivity index (χ3n) is 3.19. The lowest BCUT2D eigenvalue weighted by Gasteiger charge is -2.14. The predicted octanol–water partition coefficient (Wildman–Crippen LogP) is 2.75.